The molecule has 3 rings (SSSR count). The summed E-state index contributed by atoms with van der Waals surface area (Å²) in [5.41, 5.74) is 0.707. The summed E-state index contributed by atoms with van der Waals surface area (Å²) in [6.45, 7) is 4.74. The van der Waals surface area contributed by atoms with Crippen LogP contribution >= 0.6 is 23.2 Å². The quantitative estimate of drug-likeness (QED) is 0.618. The molecule has 2 aromatic rings. The monoisotopic (exact) mass is 497 g/mol. The lowest BCUT2D eigenvalue weighted by molar-refractivity contribution is -0.119. The number of nitrogens with zero attached hydrogens (tertiary/aromatic N) is 2. The molecule has 0 spiro atoms. The SMILES string of the molecule is CCN(CC)S(=O)(=O)c1ccc(NC(=O)C2CCCN2C(=O)c2cc(Cl)ccc2Cl)cc1. The molecular formula is C22H25Cl2N3O4S. The minimum absolute atomic E-state index is 0.160. The maximum absolute atomic E-state index is 13.0. The Morgan fingerprint density at radius 1 is 1.09 bits per heavy atom. The Labute approximate surface area is 198 Å². The van der Waals surface area contributed by atoms with Crippen molar-refractivity contribution in [3.8, 4) is 0 Å². The van der Waals surface area contributed by atoms with Gasteiger partial charge in [-0.25, -0.2) is 8.42 Å². The van der Waals surface area contributed by atoms with Crippen molar-refractivity contribution in [2.75, 3.05) is 25.0 Å². The van der Waals surface area contributed by atoms with Crippen molar-refractivity contribution in [2.45, 2.75) is 37.6 Å². The number of hydrogen-bond acceptors (Lipinski definition) is 4. The van der Waals surface area contributed by atoms with Crippen LogP contribution in [0.5, 0.6) is 0 Å². The molecule has 10 heteroatoms. The lowest BCUT2D eigenvalue weighted by Crippen LogP contribution is -2.43. The van der Waals surface area contributed by atoms with Crippen LogP contribution in [0.25, 0.3) is 0 Å². The molecule has 0 aliphatic carbocycles. The maximum Gasteiger partial charge on any atom is 0.256 e. The number of anilines is 1. The van der Waals surface area contributed by atoms with E-state index >= 15 is 0 Å². The Balaban J connectivity index is 1.74. The maximum atomic E-state index is 13.0. The van der Waals surface area contributed by atoms with Crippen molar-refractivity contribution >= 4 is 50.7 Å². The van der Waals surface area contributed by atoms with Gasteiger partial charge in [-0.1, -0.05) is 37.0 Å². The summed E-state index contributed by atoms with van der Waals surface area (Å²) < 4.78 is 26.6. The van der Waals surface area contributed by atoms with Crippen LogP contribution in [-0.2, 0) is 14.8 Å². The Morgan fingerprint density at radius 3 is 2.38 bits per heavy atom. The van der Waals surface area contributed by atoms with Crippen molar-refractivity contribution < 1.29 is 18.0 Å². The molecule has 1 atom stereocenters. The Bertz CT molecular complexity index is 1100. The molecule has 1 saturated heterocycles. The highest BCUT2D eigenvalue weighted by atomic mass is 35.5. The van der Waals surface area contributed by atoms with Gasteiger partial charge in [0.15, 0.2) is 0 Å². The predicted molar refractivity (Wildman–Crippen MR) is 126 cm³/mol. The van der Waals surface area contributed by atoms with Crippen LogP contribution < -0.4 is 5.32 Å². The van der Waals surface area contributed by atoms with Crippen LogP contribution in [0.1, 0.15) is 37.0 Å². The van der Waals surface area contributed by atoms with Gasteiger partial charge in [0.1, 0.15) is 6.04 Å². The highest BCUT2D eigenvalue weighted by Crippen LogP contribution is 2.27. The van der Waals surface area contributed by atoms with Crippen molar-refractivity contribution in [1.82, 2.24) is 9.21 Å². The molecular weight excluding hydrogens is 473 g/mol. The number of hydrogen-bond donors (Lipinski definition) is 1. The van der Waals surface area contributed by atoms with Crippen LogP contribution in [0.3, 0.4) is 0 Å². The summed E-state index contributed by atoms with van der Waals surface area (Å²) in [5, 5.41) is 3.44. The minimum Gasteiger partial charge on any atom is -0.327 e. The van der Waals surface area contributed by atoms with E-state index in [-0.39, 0.29) is 27.3 Å². The smallest absolute Gasteiger partial charge is 0.256 e. The molecule has 0 bridgehead atoms. The normalized spacial score (nSPS) is 16.4. The highest BCUT2D eigenvalue weighted by molar-refractivity contribution is 7.89. The van der Waals surface area contributed by atoms with Crippen LogP contribution in [0, 0.1) is 0 Å². The zero-order valence-corrected chi connectivity index (χ0v) is 20.2. The summed E-state index contributed by atoms with van der Waals surface area (Å²) >= 11 is 12.2. The van der Waals surface area contributed by atoms with E-state index in [1.165, 1.54) is 27.4 Å². The molecule has 172 valence electrons. The Morgan fingerprint density at radius 2 is 1.75 bits per heavy atom. The summed E-state index contributed by atoms with van der Waals surface area (Å²) in [7, 11) is -3.58. The second kappa shape index (κ2) is 10.2. The molecule has 1 aliphatic rings. The molecule has 2 amide bonds. The first-order chi connectivity index (χ1) is 15.2. The molecule has 1 heterocycles. The molecule has 32 heavy (non-hydrogen) atoms. The summed E-state index contributed by atoms with van der Waals surface area (Å²) in [4.78, 5) is 27.6. The van der Waals surface area contributed by atoms with E-state index in [4.69, 9.17) is 23.2 Å². The standard InChI is InChI=1S/C22H25Cl2N3O4S/c1-3-26(4-2)32(30,31)17-10-8-16(9-11-17)25-21(28)20-6-5-13-27(20)22(29)18-14-15(23)7-12-19(18)24/h7-12,14,20H,3-6,13H2,1-2H3,(H,25,28). The fourth-order valence-electron chi connectivity index (χ4n) is 3.75. The number of benzene rings is 2. The number of amides is 2. The molecule has 0 aromatic heterocycles. The summed E-state index contributed by atoms with van der Waals surface area (Å²) in [6, 6.07) is 10.0. The third-order valence-electron chi connectivity index (χ3n) is 5.44. The lowest BCUT2D eigenvalue weighted by atomic mass is 10.1. The van der Waals surface area contributed by atoms with E-state index in [2.05, 4.69) is 5.32 Å². The van der Waals surface area contributed by atoms with Crippen molar-refractivity contribution in [2.24, 2.45) is 0 Å². The van der Waals surface area contributed by atoms with E-state index in [1.54, 1.807) is 38.1 Å². The van der Waals surface area contributed by atoms with Gasteiger partial charge in [-0.3, -0.25) is 9.59 Å². The molecule has 0 radical (unpaired) electrons. The molecule has 0 saturated carbocycles. The number of carbonyl (C=O) groups is 2. The number of halogens is 2. The zero-order valence-electron chi connectivity index (χ0n) is 17.8. The largest absolute Gasteiger partial charge is 0.327 e. The van der Waals surface area contributed by atoms with E-state index < -0.39 is 16.1 Å². The molecule has 1 fully saturated rings. The van der Waals surface area contributed by atoms with Crippen LogP contribution in [0.15, 0.2) is 47.4 Å². The number of likely N-dealkylation sites (tertiary alicyclic amines) is 1. The van der Waals surface area contributed by atoms with Gasteiger partial charge < -0.3 is 10.2 Å². The zero-order chi connectivity index (χ0) is 23.5. The van der Waals surface area contributed by atoms with E-state index in [1.807, 2.05) is 0 Å². The summed E-state index contributed by atoms with van der Waals surface area (Å²) in [6.07, 6.45) is 1.20. The molecule has 1 N–H and O–H groups in total. The van der Waals surface area contributed by atoms with Gasteiger partial charge in [0.05, 0.1) is 15.5 Å². The van der Waals surface area contributed by atoms with Gasteiger partial charge in [0, 0.05) is 30.3 Å². The first kappa shape index (κ1) is 24.5. The van der Waals surface area contributed by atoms with E-state index in [0.717, 1.165) is 0 Å². The number of carbonyl (C=O) groups excluding carboxylic acids is 2. The first-order valence-electron chi connectivity index (χ1n) is 10.4. The van der Waals surface area contributed by atoms with Gasteiger partial charge in [-0.15, -0.1) is 0 Å². The van der Waals surface area contributed by atoms with Gasteiger partial charge in [-0.2, -0.15) is 4.31 Å². The van der Waals surface area contributed by atoms with Crippen LogP contribution in [0.2, 0.25) is 10.0 Å². The van der Waals surface area contributed by atoms with Gasteiger partial charge in [0.2, 0.25) is 15.9 Å². The fraction of sp³-hybridized carbons (Fsp3) is 0.364. The fourth-order valence-corrected chi connectivity index (χ4v) is 5.58. The average Bonchev–Trinajstić information content (AvgIpc) is 3.26. The van der Waals surface area contributed by atoms with Crippen LogP contribution in [-0.4, -0.2) is 55.1 Å². The van der Waals surface area contributed by atoms with Crippen molar-refractivity contribution in [3.05, 3.63) is 58.1 Å². The second-order valence-electron chi connectivity index (χ2n) is 7.38. The predicted octanol–water partition coefficient (Wildman–Crippen LogP) is 4.27. The molecule has 2 aromatic carbocycles. The van der Waals surface area contributed by atoms with E-state index in [0.29, 0.717) is 43.2 Å². The number of sulfonamides is 1. The topological polar surface area (TPSA) is 86.8 Å². The number of nitrogens with one attached hydrogen (secondary N) is 1. The molecule has 1 unspecified atom stereocenters. The van der Waals surface area contributed by atoms with Gasteiger partial charge in [-0.05, 0) is 55.3 Å². The molecule has 1 aliphatic heterocycles. The summed E-state index contributed by atoms with van der Waals surface area (Å²) in [5.74, 6) is -0.691. The third kappa shape index (κ3) is 5.09. The number of rotatable bonds is 7. The van der Waals surface area contributed by atoms with E-state index in [9.17, 15) is 18.0 Å². The van der Waals surface area contributed by atoms with Gasteiger partial charge >= 0.3 is 0 Å². The van der Waals surface area contributed by atoms with Crippen molar-refractivity contribution in [1.29, 1.82) is 0 Å². The third-order valence-corrected chi connectivity index (χ3v) is 8.07. The molecule has 7 nitrogen and oxygen atoms in total. The first-order valence-corrected chi connectivity index (χ1v) is 12.6. The highest BCUT2D eigenvalue weighted by Gasteiger charge is 2.35. The van der Waals surface area contributed by atoms with Gasteiger partial charge in [0.25, 0.3) is 5.91 Å². The minimum atomic E-state index is -3.58. The Hall–Kier alpha value is -2.13. The van der Waals surface area contributed by atoms with Crippen LogP contribution in [0.4, 0.5) is 5.69 Å². The average molecular weight is 498 g/mol. The lowest BCUT2D eigenvalue weighted by Gasteiger charge is -2.24. The van der Waals surface area contributed by atoms with Crippen molar-refractivity contribution in [3.63, 3.8) is 0 Å². The Kier molecular flexibility index (Phi) is 7.82. The second-order valence-corrected chi connectivity index (χ2v) is 10.2.